The number of halogens is 2. The van der Waals surface area contributed by atoms with Gasteiger partial charge in [0.05, 0.1) is 20.2 Å². The second kappa shape index (κ2) is 8.33. The lowest BCUT2D eigenvalue weighted by molar-refractivity contribution is 0.0790. The third kappa shape index (κ3) is 4.82. The summed E-state index contributed by atoms with van der Waals surface area (Å²) in [6, 6.07) is 11.2. The van der Waals surface area contributed by atoms with Gasteiger partial charge in [-0.3, -0.25) is 9.59 Å². The summed E-state index contributed by atoms with van der Waals surface area (Å²) >= 11 is 6.22. The van der Waals surface area contributed by atoms with Gasteiger partial charge in [-0.1, -0.05) is 6.07 Å². The van der Waals surface area contributed by atoms with E-state index in [1.165, 1.54) is 35.6 Å². The number of nitrogens with one attached hydrogen (secondary N) is 1. The van der Waals surface area contributed by atoms with Gasteiger partial charge in [0.2, 0.25) is 0 Å². The van der Waals surface area contributed by atoms with E-state index in [-0.39, 0.29) is 11.5 Å². The molecule has 0 fully saturated rings. The number of carbonyl (C=O) groups excluding carboxylic acids is 2. The maximum Gasteiger partial charge on any atom is 0.264 e. The van der Waals surface area contributed by atoms with E-state index in [0.717, 1.165) is 14.2 Å². The van der Waals surface area contributed by atoms with Crippen molar-refractivity contribution in [2.45, 2.75) is 13.5 Å². The van der Waals surface area contributed by atoms with Crippen LogP contribution in [0, 0.1) is 12.7 Å². The van der Waals surface area contributed by atoms with Crippen LogP contribution >= 0.6 is 38.6 Å². The van der Waals surface area contributed by atoms with E-state index >= 15 is 0 Å². The molecule has 140 valence electrons. The summed E-state index contributed by atoms with van der Waals surface area (Å²) in [6.45, 7) is 2.34. The summed E-state index contributed by atoms with van der Waals surface area (Å²) in [5, 5.41) is 3.28. The summed E-state index contributed by atoms with van der Waals surface area (Å²) in [5.41, 5.74) is 1.02. The fourth-order valence-corrected chi connectivity index (χ4v) is 5.08. The number of aryl methyl sites for hydroxylation is 1. The zero-order valence-corrected chi connectivity index (χ0v) is 17.8. The van der Waals surface area contributed by atoms with Gasteiger partial charge in [-0.25, -0.2) is 4.39 Å². The molecule has 0 radical (unpaired) electrons. The molecule has 8 heteroatoms. The maximum absolute atomic E-state index is 13.3. The Kier molecular flexibility index (Phi) is 6.08. The van der Waals surface area contributed by atoms with Gasteiger partial charge in [-0.2, -0.15) is 0 Å². The number of anilines is 1. The Balaban J connectivity index is 1.71. The molecule has 2 aromatic heterocycles. The lowest BCUT2D eigenvalue weighted by Gasteiger charge is -2.15. The highest BCUT2D eigenvalue weighted by Gasteiger charge is 2.19. The van der Waals surface area contributed by atoms with Gasteiger partial charge in [0, 0.05) is 17.5 Å². The fourth-order valence-electron chi connectivity index (χ4n) is 2.49. The van der Waals surface area contributed by atoms with Crippen molar-refractivity contribution in [3.63, 3.8) is 0 Å². The van der Waals surface area contributed by atoms with Gasteiger partial charge < -0.3 is 10.2 Å². The van der Waals surface area contributed by atoms with Gasteiger partial charge in [-0.05, 0) is 64.8 Å². The topological polar surface area (TPSA) is 49.4 Å². The van der Waals surface area contributed by atoms with E-state index < -0.39 is 11.7 Å². The Morgan fingerprint density at radius 3 is 2.63 bits per heavy atom. The highest BCUT2D eigenvalue weighted by molar-refractivity contribution is 9.11. The SMILES string of the molecule is Cc1cc(NC(=O)c2cccc(F)c2)sc1C(=O)N(C)Cc1ccc(Br)s1. The van der Waals surface area contributed by atoms with Crippen molar-refractivity contribution in [2.75, 3.05) is 12.4 Å². The minimum Gasteiger partial charge on any atom is -0.336 e. The number of hydrogen-bond acceptors (Lipinski definition) is 4. The number of amides is 2. The van der Waals surface area contributed by atoms with Crippen LogP contribution in [0.25, 0.3) is 0 Å². The molecule has 0 saturated carbocycles. The van der Waals surface area contributed by atoms with Crippen molar-refractivity contribution in [3.05, 3.63) is 72.9 Å². The van der Waals surface area contributed by atoms with E-state index in [2.05, 4.69) is 21.2 Å². The Morgan fingerprint density at radius 1 is 1.19 bits per heavy atom. The van der Waals surface area contributed by atoms with Gasteiger partial charge in [-0.15, -0.1) is 22.7 Å². The van der Waals surface area contributed by atoms with Crippen molar-refractivity contribution in [3.8, 4) is 0 Å². The molecule has 0 aliphatic rings. The van der Waals surface area contributed by atoms with Gasteiger partial charge in [0.25, 0.3) is 11.8 Å². The largest absolute Gasteiger partial charge is 0.336 e. The molecule has 3 rings (SSSR count). The van der Waals surface area contributed by atoms with Crippen LogP contribution in [0.15, 0.2) is 46.3 Å². The molecule has 0 aliphatic heterocycles. The first-order valence-corrected chi connectivity index (χ1v) is 10.4. The van der Waals surface area contributed by atoms with Gasteiger partial charge >= 0.3 is 0 Å². The molecule has 4 nitrogen and oxygen atoms in total. The normalized spacial score (nSPS) is 10.7. The van der Waals surface area contributed by atoms with Crippen LogP contribution in [-0.2, 0) is 6.54 Å². The zero-order chi connectivity index (χ0) is 19.6. The molecular formula is C19H16BrFN2O2S2. The summed E-state index contributed by atoms with van der Waals surface area (Å²) in [7, 11) is 1.75. The maximum atomic E-state index is 13.3. The van der Waals surface area contributed by atoms with Crippen LogP contribution in [0.2, 0.25) is 0 Å². The summed E-state index contributed by atoms with van der Waals surface area (Å²) in [4.78, 5) is 28.3. The Labute approximate surface area is 172 Å². The monoisotopic (exact) mass is 466 g/mol. The average molecular weight is 467 g/mol. The molecule has 0 aliphatic carbocycles. The van der Waals surface area contributed by atoms with Crippen LogP contribution in [0.5, 0.6) is 0 Å². The van der Waals surface area contributed by atoms with Crippen molar-refractivity contribution < 1.29 is 14.0 Å². The van der Waals surface area contributed by atoms with Crippen molar-refractivity contribution in [1.82, 2.24) is 4.90 Å². The molecule has 0 unspecified atom stereocenters. The number of carbonyl (C=O) groups is 2. The predicted octanol–water partition coefficient (Wildman–Crippen LogP) is 5.54. The average Bonchev–Trinajstić information content (AvgIpc) is 3.19. The lowest BCUT2D eigenvalue weighted by atomic mass is 10.2. The van der Waals surface area contributed by atoms with Crippen LogP contribution in [0.3, 0.4) is 0 Å². The van der Waals surface area contributed by atoms with Crippen LogP contribution < -0.4 is 5.32 Å². The number of thiophene rings is 2. The first-order chi connectivity index (χ1) is 12.8. The summed E-state index contributed by atoms with van der Waals surface area (Å²) in [5.74, 6) is -0.984. The Bertz CT molecular complexity index is 999. The third-order valence-corrected chi connectivity index (χ3v) is 6.55. The zero-order valence-electron chi connectivity index (χ0n) is 14.6. The van der Waals surface area contributed by atoms with E-state index in [0.29, 0.717) is 16.4 Å². The number of rotatable bonds is 5. The van der Waals surface area contributed by atoms with Gasteiger partial charge in [0.15, 0.2) is 0 Å². The Morgan fingerprint density at radius 2 is 1.96 bits per heavy atom. The number of nitrogens with zero attached hydrogens (tertiary/aromatic N) is 1. The number of hydrogen-bond donors (Lipinski definition) is 1. The van der Waals surface area contributed by atoms with E-state index in [1.54, 1.807) is 29.4 Å². The molecule has 0 saturated heterocycles. The van der Waals surface area contributed by atoms with Crippen molar-refractivity contribution in [1.29, 1.82) is 0 Å². The first-order valence-electron chi connectivity index (χ1n) is 8.00. The van der Waals surface area contributed by atoms with Crippen molar-refractivity contribution >= 4 is 55.4 Å². The Hall–Kier alpha value is -2.03. The highest BCUT2D eigenvalue weighted by Crippen LogP contribution is 2.29. The molecule has 27 heavy (non-hydrogen) atoms. The first kappa shape index (κ1) is 19.7. The molecule has 2 amide bonds. The molecule has 3 aromatic rings. The molecular weight excluding hydrogens is 451 g/mol. The number of benzene rings is 1. The third-order valence-electron chi connectivity index (χ3n) is 3.80. The van der Waals surface area contributed by atoms with E-state index in [1.807, 2.05) is 19.1 Å². The fraction of sp³-hybridized carbons (Fsp3) is 0.158. The quantitative estimate of drug-likeness (QED) is 0.536. The minimum atomic E-state index is -0.470. The smallest absolute Gasteiger partial charge is 0.264 e. The second-order valence-corrected chi connectivity index (χ2v) is 9.55. The molecule has 1 N–H and O–H groups in total. The predicted molar refractivity (Wildman–Crippen MR) is 111 cm³/mol. The molecule has 1 aromatic carbocycles. The molecule has 0 bridgehead atoms. The van der Waals surface area contributed by atoms with Crippen LogP contribution in [0.4, 0.5) is 9.39 Å². The molecule has 0 atom stereocenters. The van der Waals surface area contributed by atoms with E-state index in [9.17, 15) is 14.0 Å². The molecule has 2 heterocycles. The van der Waals surface area contributed by atoms with Crippen LogP contribution in [-0.4, -0.2) is 23.8 Å². The standard InChI is InChI=1S/C19H16BrFN2O2S2/c1-11-8-16(22-18(24)12-4-3-5-13(21)9-12)27-17(11)19(25)23(2)10-14-6-7-15(20)26-14/h3-9H,10H2,1-2H3,(H,22,24). The van der Waals surface area contributed by atoms with Crippen molar-refractivity contribution in [2.24, 2.45) is 0 Å². The molecule has 0 spiro atoms. The van der Waals surface area contributed by atoms with E-state index in [4.69, 9.17) is 0 Å². The lowest BCUT2D eigenvalue weighted by Crippen LogP contribution is -2.25. The summed E-state index contributed by atoms with van der Waals surface area (Å²) < 4.78 is 14.3. The highest BCUT2D eigenvalue weighted by atomic mass is 79.9. The van der Waals surface area contributed by atoms with Crippen LogP contribution in [0.1, 0.15) is 30.5 Å². The minimum absolute atomic E-state index is 0.103. The second-order valence-electron chi connectivity index (χ2n) is 5.95. The van der Waals surface area contributed by atoms with Gasteiger partial charge in [0.1, 0.15) is 5.82 Å². The summed E-state index contributed by atoms with van der Waals surface area (Å²) in [6.07, 6.45) is 0.